The van der Waals surface area contributed by atoms with Crippen molar-refractivity contribution in [3.8, 4) is 11.5 Å². The van der Waals surface area contributed by atoms with Gasteiger partial charge in [0.25, 0.3) is 5.91 Å². The van der Waals surface area contributed by atoms with E-state index in [2.05, 4.69) is 29.5 Å². The van der Waals surface area contributed by atoms with Crippen molar-refractivity contribution in [1.29, 1.82) is 0 Å². The van der Waals surface area contributed by atoms with Crippen LogP contribution in [0, 0.1) is 11.2 Å². The Morgan fingerprint density at radius 1 is 1.15 bits per heavy atom. The van der Waals surface area contributed by atoms with Crippen molar-refractivity contribution in [2.75, 3.05) is 50.8 Å². The van der Waals surface area contributed by atoms with Crippen LogP contribution in [0.2, 0.25) is 0 Å². The number of anilines is 1. The van der Waals surface area contributed by atoms with Gasteiger partial charge in [0, 0.05) is 56.1 Å². The number of nitrogens with one attached hydrogen (secondary N) is 1. The fraction of sp³-hybridized carbons (Fsp3) is 0.529. The minimum absolute atomic E-state index is 0.0489. The van der Waals surface area contributed by atoms with Crippen LogP contribution in [0.4, 0.5) is 10.2 Å². The number of likely N-dealkylation sites (tertiary alicyclic amines) is 1. The Morgan fingerprint density at radius 2 is 1.94 bits per heavy atom. The van der Waals surface area contributed by atoms with Gasteiger partial charge in [0.2, 0.25) is 10.0 Å². The highest BCUT2D eigenvalue weighted by Crippen LogP contribution is 2.45. The minimum Gasteiger partial charge on any atom is -0.451 e. The molecule has 1 spiro atoms. The molecule has 14 heteroatoms. The number of carbonyl (C=O) groups excluding carboxylic acids is 1. The number of piperidine rings is 1. The van der Waals surface area contributed by atoms with Crippen LogP contribution < -0.4 is 14.4 Å². The number of amides is 1. The molecule has 3 saturated heterocycles. The van der Waals surface area contributed by atoms with Crippen LogP contribution in [-0.4, -0.2) is 103 Å². The Bertz CT molecular complexity index is 1670. The molecule has 1 aromatic carbocycles. The predicted octanol–water partition coefficient (Wildman–Crippen LogP) is 4.10. The zero-order valence-electron chi connectivity index (χ0n) is 27.7. The maximum absolute atomic E-state index is 14.3. The van der Waals surface area contributed by atoms with E-state index in [1.165, 1.54) is 36.8 Å². The monoisotopic (exact) mass is 681 g/mol. The summed E-state index contributed by atoms with van der Waals surface area (Å²) in [6.45, 7) is 11.0. The summed E-state index contributed by atoms with van der Waals surface area (Å²) in [5.41, 5.74) is 0.342. The average molecular weight is 682 g/mol. The number of ether oxygens (including phenoxy) is 2. The number of aromatic nitrogens is 3. The van der Waals surface area contributed by atoms with Crippen LogP contribution in [0.3, 0.4) is 0 Å². The van der Waals surface area contributed by atoms with Crippen molar-refractivity contribution in [1.82, 2.24) is 29.5 Å². The Hall–Kier alpha value is -3.72. The van der Waals surface area contributed by atoms with Crippen molar-refractivity contribution in [3.05, 3.63) is 66.6 Å². The second kappa shape index (κ2) is 14.4. The zero-order valence-corrected chi connectivity index (χ0v) is 28.5. The fourth-order valence-corrected chi connectivity index (χ4v) is 8.18. The summed E-state index contributed by atoms with van der Waals surface area (Å²) >= 11 is 0. The van der Waals surface area contributed by atoms with Gasteiger partial charge in [0.1, 0.15) is 22.8 Å². The first-order valence-electron chi connectivity index (χ1n) is 16.7. The molecule has 1 N–H and O–H groups in total. The molecule has 0 radical (unpaired) electrons. The second-order valence-electron chi connectivity index (χ2n) is 13.3. The summed E-state index contributed by atoms with van der Waals surface area (Å²) in [7, 11) is -3.62. The molecule has 0 aliphatic carbocycles. The third-order valence-electron chi connectivity index (χ3n) is 9.64. The number of sulfonamides is 1. The second-order valence-corrected chi connectivity index (χ2v) is 15.0. The van der Waals surface area contributed by atoms with Crippen molar-refractivity contribution in [3.63, 3.8) is 0 Å². The molecule has 3 aromatic rings. The minimum atomic E-state index is -3.62. The molecule has 12 nitrogen and oxygen atoms in total. The summed E-state index contributed by atoms with van der Waals surface area (Å²) < 4.78 is 54.7. The van der Waals surface area contributed by atoms with Gasteiger partial charge in [-0.2, -0.15) is 0 Å². The first-order valence-corrected chi connectivity index (χ1v) is 18.1. The highest BCUT2D eigenvalue weighted by atomic mass is 32.2. The lowest BCUT2D eigenvalue weighted by Crippen LogP contribution is -2.61. The molecule has 1 amide bonds. The van der Waals surface area contributed by atoms with Gasteiger partial charge in [-0.05, 0) is 89.9 Å². The molecule has 48 heavy (non-hydrogen) atoms. The Morgan fingerprint density at radius 3 is 2.60 bits per heavy atom. The molecule has 0 bridgehead atoms. The highest BCUT2D eigenvalue weighted by molar-refractivity contribution is 7.89. The van der Waals surface area contributed by atoms with E-state index < -0.39 is 15.8 Å². The zero-order chi connectivity index (χ0) is 33.9. The van der Waals surface area contributed by atoms with E-state index in [-0.39, 0.29) is 45.7 Å². The third kappa shape index (κ3) is 7.61. The lowest BCUT2D eigenvalue weighted by atomic mass is 9.72. The molecule has 258 valence electrons. The Kier molecular flexibility index (Phi) is 10.3. The molecule has 5 heterocycles. The van der Waals surface area contributed by atoms with E-state index in [1.54, 1.807) is 23.4 Å². The summed E-state index contributed by atoms with van der Waals surface area (Å²) in [5, 5.41) is 0. The quantitative estimate of drug-likeness (QED) is 0.316. The SMILES string of the molecule is CCN(C(=O)c1cc(F)ccc1Oc1cncnc1N1CC2(CCN(C[C@@H]3CC[C@@H](NS(=O)(=O)c4cccnc4)CO3)CC2)C1)C(C)C. The lowest BCUT2D eigenvalue weighted by molar-refractivity contribution is -0.0299. The van der Waals surface area contributed by atoms with Gasteiger partial charge in [-0.15, -0.1) is 0 Å². The first-order chi connectivity index (χ1) is 23.1. The van der Waals surface area contributed by atoms with Gasteiger partial charge in [0.15, 0.2) is 11.6 Å². The molecule has 0 unspecified atom stereocenters. The van der Waals surface area contributed by atoms with Crippen LogP contribution in [0.5, 0.6) is 11.5 Å². The van der Waals surface area contributed by atoms with Crippen LogP contribution in [0.15, 0.2) is 60.1 Å². The number of carbonyl (C=O) groups is 1. The van der Waals surface area contributed by atoms with Crippen LogP contribution in [-0.2, 0) is 14.8 Å². The van der Waals surface area contributed by atoms with Crippen molar-refractivity contribution in [2.24, 2.45) is 5.41 Å². The van der Waals surface area contributed by atoms with Gasteiger partial charge >= 0.3 is 0 Å². The molecule has 6 rings (SSSR count). The summed E-state index contributed by atoms with van der Waals surface area (Å²) in [6, 6.07) is 6.83. The van der Waals surface area contributed by atoms with Gasteiger partial charge in [-0.25, -0.2) is 27.5 Å². The van der Waals surface area contributed by atoms with E-state index in [4.69, 9.17) is 9.47 Å². The maximum Gasteiger partial charge on any atom is 0.257 e. The van der Waals surface area contributed by atoms with Crippen molar-refractivity contribution in [2.45, 2.75) is 69.5 Å². The summed E-state index contributed by atoms with van der Waals surface area (Å²) in [4.78, 5) is 32.4. The maximum atomic E-state index is 14.3. The van der Waals surface area contributed by atoms with Gasteiger partial charge < -0.3 is 24.2 Å². The lowest BCUT2D eigenvalue weighted by Gasteiger charge is -2.54. The molecular weight excluding hydrogens is 637 g/mol. The molecule has 3 aliphatic heterocycles. The standard InChI is InChI=1S/C34H44FN7O5S/c1-4-42(24(2)3)33(43)29-16-25(35)7-10-30(29)47-31-18-37-23-38-32(31)41-21-34(22-41)11-14-40(15-12-34)19-27-9-8-26(20-46-27)39-48(44,45)28-6-5-13-36-17-28/h5-7,10,13,16-18,23-24,26-27,39H,4,8-9,11-12,14-15,19-22H2,1-3H3/t26-,27+/m1/s1. The number of nitrogens with zero attached hydrogens (tertiary/aromatic N) is 6. The van der Waals surface area contributed by atoms with E-state index in [1.807, 2.05) is 20.8 Å². The Labute approximate surface area is 281 Å². The fourth-order valence-electron chi connectivity index (χ4n) is 6.96. The average Bonchev–Trinajstić information content (AvgIpc) is 3.06. The van der Waals surface area contributed by atoms with E-state index in [9.17, 15) is 17.6 Å². The molecule has 2 aromatic heterocycles. The van der Waals surface area contributed by atoms with E-state index in [0.29, 0.717) is 24.7 Å². The molecule has 3 aliphatic rings. The van der Waals surface area contributed by atoms with Crippen LogP contribution in [0.1, 0.15) is 56.8 Å². The van der Waals surface area contributed by atoms with Crippen LogP contribution in [0.25, 0.3) is 0 Å². The van der Waals surface area contributed by atoms with E-state index >= 15 is 0 Å². The first kappa shape index (κ1) is 34.2. The number of halogens is 1. The summed E-state index contributed by atoms with van der Waals surface area (Å²) in [5.74, 6) is 0.547. The normalized spacial score (nSPS) is 21.2. The van der Waals surface area contributed by atoms with Gasteiger partial charge in [-0.1, -0.05) is 0 Å². The number of benzene rings is 1. The van der Waals surface area contributed by atoms with Crippen molar-refractivity contribution >= 4 is 21.7 Å². The number of hydrogen-bond donors (Lipinski definition) is 1. The highest BCUT2D eigenvalue weighted by Gasteiger charge is 2.46. The molecular formula is C34H44FN7O5S. The topological polar surface area (TPSA) is 130 Å². The summed E-state index contributed by atoms with van der Waals surface area (Å²) in [6.07, 6.45) is 9.66. The van der Waals surface area contributed by atoms with Gasteiger partial charge in [0.05, 0.1) is 24.5 Å². The van der Waals surface area contributed by atoms with Crippen LogP contribution >= 0.6 is 0 Å². The number of rotatable bonds is 11. The number of hydrogen-bond acceptors (Lipinski definition) is 10. The predicted molar refractivity (Wildman–Crippen MR) is 178 cm³/mol. The number of pyridine rings is 1. The molecule has 0 saturated carbocycles. The van der Waals surface area contributed by atoms with Crippen molar-refractivity contribution < 1.29 is 27.1 Å². The molecule has 2 atom stereocenters. The molecule has 3 fully saturated rings. The Balaban J connectivity index is 1.00. The van der Waals surface area contributed by atoms with E-state index in [0.717, 1.165) is 58.4 Å². The van der Waals surface area contributed by atoms with Gasteiger partial charge in [-0.3, -0.25) is 9.78 Å². The smallest absolute Gasteiger partial charge is 0.257 e. The third-order valence-corrected chi connectivity index (χ3v) is 11.1. The largest absolute Gasteiger partial charge is 0.451 e.